The predicted octanol–water partition coefficient (Wildman–Crippen LogP) is 4.18. The Balaban J connectivity index is 1.88. The lowest BCUT2D eigenvalue weighted by molar-refractivity contribution is 0.0793. The number of nitrogens with zero attached hydrogens (tertiary/aromatic N) is 3. The van der Waals surface area contributed by atoms with E-state index in [9.17, 15) is 4.79 Å². The molecule has 2 heterocycles. The molecule has 1 aromatic carbocycles. The molecule has 0 N–H and O–H groups in total. The number of carbonyl (C=O) groups is 1. The Morgan fingerprint density at radius 1 is 1.12 bits per heavy atom. The summed E-state index contributed by atoms with van der Waals surface area (Å²) >= 11 is 0. The maximum Gasteiger partial charge on any atom is 0.255 e. The summed E-state index contributed by atoms with van der Waals surface area (Å²) < 4.78 is 1.93. The lowest BCUT2D eigenvalue weighted by Crippen LogP contribution is -2.27. The van der Waals surface area contributed by atoms with Gasteiger partial charge in [-0.3, -0.25) is 4.79 Å². The molecule has 124 valence electrons. The van der Waals surface area contributed by atoms with E-state index in [0.29, 0.717) is 5.56 Å². The fourth-order valence-corrected chi connectivity index (χ4v) is 2.70. The van der Waals surface area contributed by atoms with Gasteiger partial charge in [-0.2, -0.15) is 0 Å². The van der Waals surface area contributed by atoms with Crippen LogP contribution in [0, 0.1) is 6.92 Å². The molecule has 3 aromatic rings. The van der Waals surface area contributed by atoms with Crippen molar-refractivity contribution in [1.29, 1.82) is 0 Å². The van der Waals surface area contributed by atoms with Crippen LogP contribution >= 0.6 is 0 Å². The molecule has 2 aromatic heterocycles. The Bertz CT molecular complexity index is 849. The molecule has 0 aliphatic carbocycles. The van der Waals surface area contributed by atoms with E-state index < -0.39 is 0 Å². The van der Waals surface area contributed by atoms with E-state index in [0.717, 1.165) is 36.3 Å². The second-order valence-corrected chi connectivity index (χ2v) is 6.26. The molecule has 4 heteroatoms. The zero-order valence-electron chi connectivity index (χ0n) is 14.5. The van der Waals surface area contributed by atoms with Crippen LogP contribution < -0.4 is 0 Å². The molecule has 0 fully saturated rings. The highest BCUT2D eigenvalue weighted by molar-refractivity contribution is 5.94. The molecule has 0 aliphatic rings. The Labute approximate surface area is 142 Å². The Hall–Kier alpha value is -2.62. The SMILES string of the molecule is CCCCN(C)C(=O)c1ccc2nc(-c3ccc(C)cc3)cn2c1. The van der Waals surface area contributed by atoms with Crippen LogP contribution in [0.25, 0.3) is 16.9 Å². The van der Waals surface area contributed by atoms with Crippen LogP contribution in [0.3, 0.4) is 0 Å². The van der Waals surface area contributed by atoms with Crippen LogP contribution in [0.5, 0.6) is 0 Å². The van der Waals surface area contributed by atoms with E-state index >= 15 is 0 Å². The van der Waals surface area contributed by atoms with Crippen molar-refractivity contribution >= 4 is 11.6 Å². The first-order chi connectivity index (χ1) is 11.6. The van der Waals surface area contributed by atoms with E-state index in [4.69, 9.17) is 0 Å². The highest BCUT2D eigenvalue weighted by atomic mass is 16.2. The largest absolute Gasteiger partial charge is 0.342 e. The van der Waals surface area contributed by atoms with Gasteiger partial charge in [-0.05, 0) is 25.5 Å². The van der Waals surface area contributed by atoms with Gasteiger partial charge in [-0.15, -0.1) is 0 Å². The molecule has 0 saturated carbocycles. The summed E-state index contributed by atoms with van der Waals surface area (Å²) in [5.74, 6) is 0.0518. The third kappa shape index (κ3) is 3.32. The van der Waals surface area contributed by atoms with Crippen molar-refractivity contribution in [3.05, 3.63) is 59.9 Å². The topological polar surface area (TPSA) is 37.6 Å². The van der Waals surface area contributed by atoms with Crippen molar-refractivity contribution in [2.24, 2.45) is 0 Å². The monoisotopic (exact) mass is 321 g/mol. The van der Waals surface area contributed by atoms with Crippen molar-refractivity contribution in [3.8, 4) is 11.3 Å². The number of carbonyl (C=O) groups excluding carboxylic acids is 1. The van der Waals surface area contributed by atoms with Crippen LogP contribution in [0.2, 0.25) is 0 Å². The van der Waals surface area contributed by atoms with Gasteiger partial charge in [0.25, 0.3) is 5.91 Å². The normalized spacial score (nSPS) is 11.0. The molecule has 24 heavy (non-hydrogen) atoms. The van der Waals surface area contributed by atoms with E-state index in [1.165, 1.54) is 5.56 Å². The second kappa shape index (κ2) is 6.87. The number of pyridine rings is 1. The number of aryl methyl sites for hydroxylation is 1. The summed E-state index contributed by atoms with van der Waals surface area (Å²) in [5.41, 5.74) is 4.76. The number of benzene rings is 1. The van der Waals surface area contributed by atoms with Crippen molar-refractivity contribution in [2.75, 3.05) is 13.6 Å². The van der Waals surface area contributed by atoms with Gasteiger partial charge < -0.3 is 9.30 Å². The van der Waals surface area contributed by atoms with Crippen molar-refractivity contribution in [3.63, 3.8) is 0 Å². The number of aromatic nitrogens is 2. The van der Waals surface area contributed by atoms with Crippen LogP contribution in [0.15, 0.2) is 48.8 Å². The third-order valence-electron chi connectivity index (χ3n) is 4.24. The first-order valence-electron chi connectivity index (χ1n) is 8.39. The standard InChI is InChI=1S/C20H23N3O/c1-4-5-12-22(3)20(24)17-10-11-19-21-18(14-23(19)13-17)16-8-6-15(2)7-9-16/h6-11,13-14H,4-5,12H2,1-3H3. The number of hydrogen-bond donors (Lipinski definition) is 0. The van der Waals surface area contributed by atoms with Crippen LogP contribution in [-0.4, -0.2) is 33.8 Å². The summed E-state index contributed by atoms with van der Waals surface area (Å²) in [6, 6.07) is 12.1. The number of unbranched alkanes of at least 4 members (excludes halogenated alkanes) is 1. The minimum atomic E-state index is 0.0518. The number of fused-ring (bicyclic) bond motifs is 1. The van der Waals surface area contributed by atoms with Crippen molar-refractivity contribution in [2.45, 2.75) is 26.7 Å². The highest BCUT2D eigenvalue weighted by Gasteiger charge is 2.13. The Kier molecular flexibility index (Phi) is 4.65. The molecule has 0 saturated heterocycles. The summed E-state index contributed by atoms with van der Waals surface area (Å²) in [6.45, 7) is 4.98. The fraction of sp³-hybridized carbons (Fsp3) is 0.300. The number of amides is 1. The molecule has 1 amide bonds. The summed E-state index contributed by atoms with van der Waals surface area (Å²) in [7, 11) is 1.85. The maximum atomic E-state index is 12.5. The van der Waals surface area contributed by atoms with Gasteiger partial charge in [0, 0.05) is 31.5 Å². The quantitative estimate of drug-likeness (QED) is 0.707. The van der Waals surface area contributed by atoms with Gasteiger partial charge in [-0.25, -0.2) is 4.98 Å². The highest BCUT2D eigenvalue weighted by Crippen LogP contribution is 2.20. The lowest BCUT2D eigenvalue weighted by Gasteiger charge is -2.16. The molecular formula is C20H23N3O. The smallest absolute Gasteiger partial charge is 0.255 e. The molecule has 3 rings (SSSR count). The van der Waals surface area contributed by atoms with Gasteiger partial charge in [0.2, 0.25) is 0 Å². The molecular weight excluding hydrogens is 298 g/mol. The third-order valence-corrected chi connectivity index (χ3v) is 4.24. The van der Waals surface area contributed by atoms with Crippen LogP contribution in [-0.2, 0) is 0 Å². The summed E-state index contributed by atoms with van der Waals surface area (Å²) in [5, 5.41) is 0. The van der Waals surface area contributed by atoms with Crippen molar-refractivity contribution in [1.82, 2.24) is 14.3 Å². The Morgan fingerprint density at radius 3 is 2.58 bits per heavy atom. The first-order valence-corrected chi connectivity index (χ1v) is 8.39. The molecule has 0 atom stereocenters. The maximum absolute atomic E-state index is 12.5. The average Bonchev–Trinajstić information content (AvgIpc) is 3.02. The number of imidazole rings is 1. The molecule has 0 unspecified atom stereocenters. The van der Waals surface area contributed by atoms with Gasteiger partial charge in [0.1, 0.15) is 5.65 Å². The minimum Gasteiger partial charge on any atom is -0.342 e. The molecule has 4 nitrogen and oxygen atoms in total. The summed E-state index contributed by atoms with van der Waals surface area (Å²) in [6.07, 6.45) is 5.94. The van der Waals surface area contributed by atoms with Crippen LogP contribution in [0.4, 0.5) is 0 Å². The minimum absolute atomic E-state index is 0.0518. The van der Waals surface area contributed by atoms with Gasteiger partial charge in [-0.1, -0.05) is 43.2 Å². The number of rotatable bonds is 5. The van der Waals surface area contributed by atoms with E-state index in [2.05, 4.69) is 43.1 Å². The van der Waals surface area contributed by atoms with E-state index in [1.54, 1.807) is 4.90 Å². The fourth-order valence-electron chi connectivity index (χ4n) is 2.70. The molecule has 0 radical (unpaired) electrons. The number of hydrogen-bond acceptors (Lipinski definition) is 2. The zero-order chi connectivity index (χ0) is 17.1. The molecule has 0 bridgehead atoms. The zero-order valence-corrected chi connectivity index (χ0v) is 14.5. The average molecular weight is 321 g/mol. The lowest BCUT2D eigenvalue weighted by atomic mass is 10.1. The summed E-state index contributed by atoms with van der Waals surface area (Å²) in [4.78, 5) is 18.9. The van der Waals surface area contributed by atoms with E-state index in [-0.39, 0.29) is 5.91 Å². The van der Waals surface area contributed by atoms with Gasteiger partial charge in [0.15, 0.2) is 0 Å². The van der Waals surface area contributed by atoms with Crippen LogP contribution in [0.1, 0.15) is 35.7 Å². The first kappa shape index (κ1) is 16.2. The van der Waals surface area contributed by atoms with Gasteiger partial charge in [0.05, 0.1) is 11.3 Å². The van der Waals surface area contributed by atoms with E-state index in [1.807, 2.05) is 36.0 Å². The van der Waals surface area contributed by atoms with Gasteiger partial charge >= 0.3 is 0 Å². The predicted molar refractivity (Wildman–Crippen MR) is 97.2 cm³/mol. The molecule has 0 spiro atoms. The molecule has 0 aliphatic heterocycles. The van der Waals surface area contributed by atoms with Crippen molar-refractivity contribution < 1.29 is 4.79 Å². The second-order valence-electron chi connectivity index (χ2n) is 6.26. The Morgan fingerprint density at radius 2 is 1.88 bits per heavy atom.